The lowest BCUT2D eigenvalue weighted by Crippen LogP contribution is -2.51. The lowest BCUT2D eigenvalue weighted by Gasteiger charge is -2.31. The van der Waals surface area contributed by atoms with Crippen molar-refractivity contribution < 1.29 is 22.8 Å². The van der Waals surface area contributed by atoms with Gasteiger partial charge in [-0.05, 0) is 50.5 Å². The molecular weight excluding hydrogens is 420 g/mol. The summed E-state index contributed by atoms with van der Waals surface area (Å²) in [6, 6.07) is 5.24. The van der Waals surface area contributed by atoms with Crippen molar-refractivity contribution in [3.63, 3.8) is 0 Å². The number of amides is 4. The van der Waals surface area contributed by atoms with Crippen molar-refractivity contribution in [2.75, 3.05) is 13.1 Å². The summed E-state index contributed by atoms with van der Waals surface area (Å²) in [6.07, 6.45) is 0.964. The molecule has 1 atom stereocenters. The first kappa shape index (κ1) is 21.5. The molecule has 0 radical (unpaired) electrons. The topological polar surface area (TPSA) is 116 Å². The monoisotopic (exact) mass is 442 g/mol. The lowest BCUT2D eigenvalue weighted by atomic mass is 9.97. The van der Waals surface area contributed by atoms with E-state index in [1.807, 2.05) is 0 Å². The van der Waals surface area contributed by atoms with Gasteiger partial charge < -0.3 is 5.32 Å². The van der Waals surface area contributed by atoms with E-state index in [0.717, 1.165) is 0 Å². The molecule has 1 aromatic carbocycles. The number of halogens is 1. The molecule has 0 bridgehead atoms. The fourth-order valence-electron chi connectivity index (χ4n) is 3.34. The van der Waals surface area contributed by atoms with E-state index in [0.29, 0.717) is 16.5 Å². The molecule has 4 amide bonds. The number of rotatable bonds is 5. The van der Waals surface area contributed by atoms with Crippen molar-refractivity contribution in [2.24, 2.45) is 5.92 Å². The van der Waals surface area contributed by atoms with E-state index in [9.17, 15) is 22.8 Å². The molecule has 158 valence electrons. The Balaban J connectivity index is 1.61. The molecule has 1 unspecified atom stereocenters. The van der Waals surface area contributed by atoms with Crippen molar-refractivity contribution in [1.82, 2.24) is 20.1 Å². The van der Waals surface area contributed by atoms with Crippen LogP contribution in [0.1, 0.15) is 33.1 Å². The van der Waals surface area contributed by atoms with Crippen LogP contribution in [0.3, 0.4) is 0 Å². The first-order valence-corrected chi connectivity index (χ1v) is 11.1. The smallest absolute Gasteiger partial charge is 0.322 e. The maximum Gasteiger partial charge on any atom is 0.344 e. The van der Waals surface area contributed by atoms with Gasteiger partial charge in [-0.2, -0.15) is 9.31 Å². The Morgan fingerprint density at radius 1 is 1.24 bits per heavy atom. The number of hydrogen-bond donors (Lipinski definition) is 2. The maximum atomic E-state index is 12.7. The summed E-state index contributed by atoms with van der Waals surface area (Å²) in [5.74, 6) is -1.49. The molecule has 0 aliphatic carbocycles. The number of carbonyl (C=O) groups is 3. The van der Waals surface area contributed by atoms with Crippen molar-refractivity contribution in [2.45, 2.75) is 43.5 Å². The Hall–Kier alpha value is -2.17. The van der Waals surface area contributed by atoms with Crippen LogP contribution >= 0.6 is 11.6 Å². The van der Waals surface area contributed by atoms with Crippen molar-refractivity contribution in [3.05, 3.63) is 29.3 Å². The molecular formula is C18H23ClN4O5S. The van der Waals surface area contributed by atoms with Crippen LogP contribution in [-0.4, -0.2) is 54.2 Å². The van der Waals surface area contributed by atoms with Gasteiger partial charge in [0.2, 0.25) is 15.9 Å². The quantitative estimate of drug-likeness (QED) is 0.670. The predicted octanol–water partition coefficient (Wildman–Crippen LogP) is 1.49. The molecule has 1 aromatic rings. The zero-order valence-corrected chi connectivity index (χ0v) is 17.7. The molecule has 2 fully saturated rings. The molecule has 0 saturated carbocycles. The lowest BCUT2D eigenvalue weighted by molar-refractivity contribution is -0.140. The summed E-state index contributed by atoms with van der Waals surface area (Å²) in [5.41, 5.74) is 1.34. The number of piperidine rings is 1. The Morgan fingerprint density at radius 2 is 1.83 bits per heavy atom. The Bertz CT molecular complexity index is 928. The highest BCUT2D eigenvalue weighted by Gasteiger charge is 2.48. The average molecular weight is 443 g/mol. The zero-order valence-electron chi connectivity index (χ0n) is 16.1. The van der Waals surface area contributed by atoms with Gasteiger partial charge in [0.1, 0.15) is 5.54 Å². The summed E-state index contributed by atoms with van der Waals surface area (Å²) >= 11 is 5.81. The van der Waals surface area contributed by atoms with Gasteiger partial charge in [0.05, 0.1) is 4.90 Å². The fourth-order valence-corrected chi connectivity index (χ4v) is 4.94. The second-order valence-corrected chi connectivity index (χ2v) is 9.74. The van der Waals surface area contributed by atoms with Gasteiger partial charge in [-0.25, -0.2) is 13.2 Å². The minimum atomic E-state index is -3.67. The van der Waals surface area contributed by atoms with Gasteiger partial charge in [0.25, 0.3) is 5.91 Å². The Kier molecular flexibility index (Phi) is 5.88. The van der Waals surface area contributed by atoms with Gasteiger partial charge in [0, 0.05) is 24.0 Å². The van der Waals surface area contributed by atoms with Crippen molar-refractivity contribution in [1.29, 1.82) is 0 Å². The van der Waals surface area contributed by atoms with E-state index in [-0.39, 0.29) is 30.8 Å². The number of urea groups is 1. The van der Waals surface area contributed by atoms with Crippen LogP contribution in [0.25, 0.3) is 0 Å². The van der Waals surface area contributed by atoms with Gasteiger partial charge in [-0.1, -0.05) is 18.5 Å². The number of sulfonamides is 1. The molecule has 2 N–H and O–H groups in total. The maximum absolute atomic E-state index is 12.7. The van der Waals surface area contributed by atoms with Crippen LogP contribution in [0, 0.1) is 5.92 Å². The van der Waals surface area contributed by atoms with Gasteiger partial charge in [0.15, 0.2) is 0 Å². The number of carbonyl (C=O) groups excluding carboxylic acids is 3. The van der Waals surface area contributed by atoms with E-state index < -0.39 is 39.3 Å². The van der Waals surface area contributed by atoms with E-state index in [1.165, 1.54) is 28.6 Å². The molecule has 2 aliphatic heterocycles. The van der Waals surface area contributed by atoms with Gasteiger partial charge in [-0.15, -0.1) is 0 Å². The third kappa shape index (κ3) is 4.10. The van der Waals surface area contributed by atoms with Crippen molar-refractivity contribution >= 4 is 39.5 Å². The number of hydrazine groups is 1. The number of nitrogens with zero attached hydrogens (tertiary/aromatic N) is 2. The SMILES string of the molecule is CCC1(C)NC(=O)N(NC(=O)C2CCN(S(=O)(=O)c3ccc(Cl)cc3)CC2)C1=O. The summed E-state index contributed by atoms with van der Waals surface area (Å²) in [6.45, 7) is 3.69. The van der Waals surface area contributed by atoms with Gasteiger partial charge >= 0.3 is 6.03 Å². The largest absolute Gasteiger partial charge is 0.344 e. The standard InChI is InChI=1S/C18H23ClN4O5S/c1-3-18(2)16(25)23(17(26)20-18)21-15(24)12-8-10-22(11-9-12)29(27,28)14-6-4-13(19)5-7-14/h4-7,12H,3,8-11H2,1-2H3,(H,20,26)(H,21,24). The van der Waals surface area contributed by atoms with Crippen molar-refractivity contribution in [3.8, 4) is 0 Å². The van der Waals surface area contributed by atoms with E-state index in [1.54, 1.807) is 13.8 Å². The highest BCUT2D eigenvalue weighted by molar-refractivity contribution is 7.89. The van der Waals surface area contributed by atoms with Crippen LogP contribution < -0.4 is 10.7 Å². The minimum absolute atomic E-state index is 0.142. The van der Waals surface area contributed by atoms with E-state index in [2.05, 4.69) is 10.7 Å². The molecule has 2 heterocycles. The fraction of sp³-hybridized carbons (Fsp3) is 0.500. The summed E-state index contributed by atoms with van der Waals surface area (Å²) in [7, 11) is -3.67. The van der Waals surface area contributed by atoms with Crippen LogP contribution in [0.5, 0.6) is 0 Å². The Labute approximate surface area is 174 Å². The molecule has 2 saturated heterocycles. The van der Waals surface area contributed by atoms with E-state index in [4.69, 9.17) is 11.6 Å². The Morgan fingerprint density at radius 3 is 2.34 bits per heavy atom. The summed E-state index contributed by atoms with van der Waals surface area (Å²) in [5, 5.41) is 3.72. The molecule has 2 aliphatic rings. The molecule has 0 aromatic heterocycles. The molecule has 0 spiro atoms. The zero-order chi connectivity index (χ0) is 21.4. The highest BCUT2D eigenvalue weighted by atomic mass is 35.5. The third-order valence-corrected chi connectivity index (χ3v) is 7.63. The first-order valence-electron chi connectivity index (χ1n) is 9.31. The number of hydrogen-bond acceptors (Lipinski definition) is 5. The first-order chi connectivity index (χ1) is 13.6. The predicted molar refractivity (Wildman–Crippen MR) is 105 cm³/mol. The third-order valence-electron chi connectivity index (χ3n) is 5.47. The number of benzene rings is 1. The second kappa shape index (κ2) is 7.92. The summed E-state index contributed by atoms with van der Waals surface area (Å²) in [4.78, 5) is 37.1. The molecule has 11 heteroatoms. The van der Waals surface area contributed by atoms with Crippen LogP contribution in [0.4, 0.5) is 4.79 Å². The highest BCUT2D eigenvalue weighted by Crippen LogP contribution is 2.25. The normalized spacial score (nSPS) is 23.9. The summed E-state index contributed by atoms with van der Waals surface area (Å²) < 4.78 is 26.8. The minimum Gasteiger partial charge on any atom is -0.322 e. The number of nitrogens with one attached hydrogen (secondary N) is 2. The molecule has 9 nitrogen and oxygen atoms in total. The average Bonchev–Trinajstić information content (AvgIpc) is 2.92. The number of imide groups is 1. The van der Waals surface area contributed by atoms with Crippen LogP contribution in [0.15, 0.2) is 29.2 Å². The van der Waals surface area contributed by atoms with E-state index >= 15 is 0 Å². The second-order valence-electron chi connectivity index (χ2n) is 7.36. The molecule has 29 heavy (non-hydrogen) atoms. The van der Waals surface area contributed by atoms with Gasteiger partial charge in [-0.3, -0.25) is 15.0 Å². The van der Waals surface area contributed by atoms with Crippen LogP contribution in [0.2, 0.25) is 5.02 Å². The van der Waals surface area contributed by atoms with Crippen LogP contribution in [-0.2, 0) is 19.6 Å². The molecule has 3 rings (SSSR count).